The number of aryl methyl sites for hydroxylation is 1. The predicted molar refractivity (Wildman–Crippen MR) is 82.5 cm³/mol. The Morgan fingerprint density at radius 3 is 2.70 bits per heavy atom. The fourth-order valence-electron chi connectivity index (χ4n) is 2.49. The maximum Gasteiger partial charge on any atom is 0.0583 e. The van der Waals surface area contributed by atoms with Gasteiger partial charge < -0.3 is 5.73 Å². The van der Waals surface area contributed by atoms with E-state index < -0.39 is 0 Å². The number of fused-ring (bicyclic) bond motifs is 1. The van der Waals surface area contributed by atoms with Crippen molar-refractivity contribution in [1.82, 2.24) is 9.78 Å². The van der Waals surface area contributed by atoms with E-state index in [1.165, 1.54) is 10.8 Å². The molecule has 20 heavy (non-hydrogen) atoms. The third-order valence-electron chi connectivity index (χ3n) is 3.60. The molecule has 0 saturated heterocycles. The van der Waals surface area contributed by atoms with Crippen LogP contribution in [0.2, 0.25) is 0 Å². The fourth-order valence-corrected chi connectivity index (χ4v) is 2.49. The van der Waals surface area contributed by atoms with Crippen molar-refractivity contribution >= 4 is 10.8 Å². The number of hydrogen-bond acceptors (Lipinski definition) is 2. The van der Waals surface area contributed by atoms with Crippen LogP contribution in [-0.4, -0.2) is 9.78 Å². The van der Waals surface area contributed by atoms with E-state index in [0.29, 0.717) is 0 Å². The van der Waals surface area contributed by atoms with Gasteiger partial charge in [0.2, 0.25) is 0 Å². The maximum atomic E-state index is 6.36. The summed E-state index contributed by atoms with van der Waals surface area (Å²) in [6.45, 7) is 3.08. The fraction of sp³-hybridized carbons (Fsp3) is 0.235. The van der Waals surface area contributed by atoms with Gasteiger partial charge in [0.25, 0.3) is 0 Å². The van der Waals surface area contributed by atoms with Gasteiger partial charge in [-0.25, -0.2) is 0 Å². The first-order valence-corrected chi connectivity index (χ1v) is 7.04. The summed E-state index contributed by atoms with van der Waals surface area (Å²) < 4.78 is 1.95. The molecule has 0 aliphatic carbocycles. The molecule has 1 unspecified atom stereocenters. The van der Waals surface area contributed by atoms with Gasteiger partial charge in [-0.1, -0.05) is 43.3 Å². The highest BCUT2D eigenvalue weighted by molar-refractivity contribution is 5.83. The predicted octanol–water partition coefficient (Wildman–Crippen LogP) is 3.49. The van der Waals surface area contributed by atoms with Gasteiger partial charge in [0, 0.05) is 18.3 Å². The van der Waals surface area contributed by atoms with E-state index in [1.807, 2.05) is 17.1 Å². The van der Waals surface area contributed by atoms with E-state index >= 15 is 0 Å². The summed E-state index contributed by atoms with van der Waals surface area (Å²) in [5.74, 6) is 0. The van der Waals surface area contributed by atoms with Crippen molar-refractivity contribution in [2.45, 2.75) is 25.9 Å². The molecular formula is C17H19N3. The van der Waals surface area contributed by atoms with Gasteiger partial charge in [0.15, 0.2) is 0 Å². The lowest BCUT2D eigenvalue weighted by atomic mass is 9.99. The maximum absolute atomic E-state index is 6.36. The normalized spacial score (nSPS) is 12.7. The van der Waals surface area contributed by atoms with Crippen molar-refractivity contribution in [2.75, 3.05) is 0 Å². The third kappa shape index (κ3) is 2.45. The Kier molecular flexibility index (Phi) is 3.52. The van der Waals surface area contributed by atoms with Crippen molar-refractivity contribution in [3.8, 4) is 0 Å². The van der Waals surface area contributed by atoms with E-state index in [-0.39, 0.29) is 6.04 Å². The average molecular weight is 265 g/mol. The summed E-state index contributed by atoms with van der Waals surface area (Å²) in [7, 11) is 0. The lowest BCUT2D eigenvalue weighted by molar-refractivity contribution is 0.602. The minimum atomic E-state index is -0.120. The van der Waals surface area contributed by atoms with Crippen LogP contribution >= 0.6 is 0 Å². The molecule has 0 amide bonds. The van der Waals surface area contributed by atoms with Gasteiger partial charge in [0.1, 0.15) is 0 Å². The SMILES string of the molecule is CCCn1cc(C(N)c2ccc3ccccc3c2)cn1. The zero-order valence-corrected chi connectivity index (χ0v) is 11.7. The molecule has 3 heteroatoms. The van der Waals surface area contributed by atoms with Crippen molar-refractivity contribution in [1.29, 1.82) is 0 Å². The smallest absolute Gasteiger partial charge is 0.0583 e. The van der Waals surface area contributed by atoms with Gasteiger partial charge in [-0.15, -0.1) is 0 Å². The molecule has 0 spiro atoms. The number of benzene rings is 2. The summed E-state index contributed by atoms with van der Waals surface area (Å²) in [4.78, 5) is 0. The number of hydrogen-bond donors (Lipinski definition) is 1. The minimum absolute atomic E-state index is 0.120. The summed E-state index contributed by atoms with van der Waals surface area (Å²) >= 11 is 0. The van der Waals surface area contributed by atoms with E-state index in [1.54, 1.807) is 0 Å². The Morgan fingerprint density at radius 1 is 1.10 bits per heavy atom. The number of aromatic nitrogens is 2. The first-order valence-electron chi connectivity index (χ1n) is 7.04. The van der Waals surface area contributed by atoms with Crippen molar-refractivity contribution in [2.24, 2.45) is 5.73 Å². The van der Waals surface area contributed by atoms with Crippen LogP contribution in [0.1, 0.15) is 30.5 Å². The highest BCUT2D eigenvalue weighted by Gasteiger charge is 2.11. The second-order valence-electron chi connectivity index (χ2n) is 5.12. The van der Waals surface area contributed by atoms with Crippen LogP contribution in [-0.2, 0) is 6.54 Å². The van der Waals surface area contributed by atoms with Crippen LogP contribution in [0.3, 0.4) is 0 Å². The van der Waals surface area contributed by atoms with Gasteiger partial charge in [-0.05, 0) is 28.8 Å². The number of nitrogens with two attached hydrogens (primary N) is 1. The molecule has 1 aromatic heterocycles. The molecule has 102 valence electrons. The number of rotatable bonds is 4. The molecule has 2 aromatic carbocycles. The van der Waals surface area contributed by atoms with Gasteiger partial charge >= 0.3 is 0 Å². The standard InChI is InChI=1S/C17H19N3/c1-2-9-20-12-16(11-19-20)17(18)15-8-7-13-5-3-4-6-14(13)10-15/h3-8,10-12,17H,2,9,18H2,1H3. The first kappa shape index (κ1) is 12.9. The molecule has 3 nitrogen and oxygen atoms in total. The molecule has 0 saturated carbocycles. The molecule has 3 aromatic rings. The molecule has 3 rings (SSSR count). The third-order valence-corrected chi connectivity index (χ3v) is 3.60. The van der Waals surface area contributed by atoms with Crippen LogP contribution in [0.5, 0.6) is 0 Å². The molecule has 2 N–H and O–H groups in total. The van der Waals surface area contributed by atoms with Crippen LogP contribution < -0.4 is 5.73 Å². The molecule has 0 aliphatic rings. The van der Waals surface area contributed by atoms with Crippen molar-refractivity contribution in [3.05, 3.63) is 66.0 Å². The Labute approximate surface area is 119 Å². The summed E-state index contributed by atoms with van der Waals surface area (Å²) in [5, 5.41) is 6.82. The van der Waals surface area contributed by atoms with Gasteiger partial charge in [-0.2, -0.15) is 5.10 Å². The van der Waals surface area contributed by atoms with E-state index in [4.69, 9.17) is 5.73 Å². The molecule has 0 fully saturated rings. The van der Waals surface area contributed by atoms with Crippen LogP contribution in [0, 0.1) is 0 Å². The van der Waals surface area contributed by atoms with Gasteiger partial charge in [0.05, 0.1) is 12.2 Å². The lowest BCUT2D eigenvalue weighted by Gasteiger charge is -2.11. The van der Waals surface area contributed by atoms with Crippen LogP contribution in [0.25, 0.3) is 10.8 Å². The number of nitrogens with zero attached hydrogens (tertiary/aromatic N) is 2. The summed E-state index contributed by atoms with van der Waals surface area (Å²) in [6.07, 6.45) is 4.99. The summed E-state index contributed by atoms with van der Waals surface area (Å²) in [6, 6.07) is 14.6. The Hall–Kier alpha value is -2.13. The molecular weight excluding hydrogens is 246 g/mol. The van der Waals surface area contributed by atoms with Crippen molar-refractivity contribution in [3.63, 3.8) is 0 Å². The monoisotopic (exact) mass is 265 g/mol. The van der Waals surface area contributed by atoms with E-state index in [0.717, 1.165) is 24.1 Å². The average Bonchev–Trinajstić information content (AvgIpc) is 2.95. The van der Waals surface area contributed by atoms with Crippen LogP contribution in [0.4, 0.5) is 0 Å². The quantitative estimate of drug-likeness (QED) is 0.784. The molecule has 0 radical (unpaired) electrons. The largest absolute Gasteiger partial charge is 0.320 e. The molecule has 1 heterocycles. The summed E-state index contributed by atoms with van der Waals surface area (Å²) in [5.41, 5.74) is 8.55. The molecule has 1 atom stereocenters. The van der Waals surface area contributed by atoms with Gasteiger partial charge in [-0.3, -0.25) is 4.68 Å². The first-order chi connectivity index (χ1) is 9.78. The topological polar surface area (TPSA) is 43.8 Å². The Balaban J connectivity index is 1.92. The highest BCUT2D eigenvalue weighted by atomic mass is 15.3. The molecule has 0 bridgehead atoms. The second kappa shape index (κ2) is 5.47. The zero-order valence-electron chi connectivity index (χ0n) is 11.7. The van der Waals surface area contributed by atoms with E-state index in [2.05, 4.69) is 54.5 Å². The Morgan fingerprint density at radius 2 is 1.90 bits per heavy atom. The second-order valence-corrected chi connectivity index (χ2v) is 5.12. The highest BCUT2D eigenvalue weighted by Crippen LogP contribution is 2.23. The zero-order chi connectivity index (χ0) is 13.9. The van der Waals surface area contributed by atoms with E-state index in [9.17, 15) is 0 Å². The Bertz CT molecular complexity index is 715. The minimum Gasteiger partial charge on any atom is -0.320 e. The molecule has 0 aliphatic heterocycles. The van der Waals surface area contributed by atoms with Crippen LogP contribution in [0.15, 0.2) is 54.9 Å². The van der Waals surface area contributed by atoms with Crippen molar-refractivity contribution < 1.29 is 0 Å². The lowest BCUT2D eigenvalue weighted by Crippen LogP contribution is -2.11.